The van der Waals surface area contributed by atoms with E-state index in [9.17, 15) is 14.7 Å². The van der Waals surface area contributed by atoms with E-state index in [0.717, 1.165) is 11.1 Å². The van der Waals surface area contributed by atoms with Crippen molar-refractivity contribution >= 4 is 29.1 Å². The number of ketones is 1. The van der Waals surface area contributed by atoms with E-state index in [1.54, 1.807) is 62.8 Å². The molecule has 1 saturated heterocycles. The Morgan fingerprint density at radius 3 is 2.29 bits per heavy atom. The average molecular weight is 478 g/mol. The molecule has 0 aliphatic carbocycles. The largest absolute Gasteiger partial charge is 0.507 e. The Kier molecular flexibility index (Phi) is 6.61. The second-order valence-electron chi connectivity index (χ2n) is 7.97. The van der Waals surface area contributed by atoms with Crippen LogP contribution in [0.5, 0.6) is 11.5 Å². The minimum absolute atomic E-state index is 0.0202. The van der Waals surface area contributed by atoms with Gasteiger partial charge in [0.1, 0.15) is 17.3 Å². The van der Waals surface area contributed by atoms with Crippen LogP contribution in [-0.4, -0.2) is 35.9 Å². The molecule has 174 valence electrons. The van der Waals surface area contributed by atoms with Crippen molar-refractivity contribution in [2.24, 2.45) is 0 Å². The molecule has 0 radical (unpaired) electrons. The number of para-hydroxylation sites is 1. The van der Waals surface area contributed by atoms with Crippen molar-refractivity contribution in [3.63, 3.8) is 0 Å². The summed E-state index contributed by atoms with van der Waals surface area (Å²) in [5.41, 5.74) is 2.63. The minimum atomic E-state index is -0.801. The van der Waals surface area contributed by atoms with Crippen LogP contribution in [0.3, 0.4) is 0 Å². The van der Waals surface area contributed by atoms with Crippen LogP contribution in [0.25, 0.3) is 5.76 Å². The number of Topliss-reactive ketones (excluding diaryl/α,β-unsaturated/α-hetero) is 1. The van der Waals surface area contributed by atoms with Gasteiger partial charge in [-0.05, 0) is 54.4 Å². The lowest BCUT2D eigenvalue weighted by Crippen LogP contribution is -2.29. The van der Waals surface area contributed by atoms with Gasteiger partial charge in [0, 0.05) is 16.1 Å². The molecule has 1 heterocycles. The molecule has 1 atom stereocenters. The normalized spacial score (nSPS) is 17.2. The second kappa shape index (κ2) is 9.61. The van der Waals surface area contributed by atoms with E-state index in [1.165, 1.54) is 4.90 Å². The summed E-state index contributed by atoms with van der Waals surface area (Å²) in [7, 11) is 3.11. The molecular formula is C27H24ClNO5. The Balaban J connectivity index is 1.87. The molecule has 0 aromatic heterocycles. The molecule has 6 nitrogen and oxygen atoms in total. The summed E-state index contributed by atoms with van der Waals surface area (Å²) >= 11 is 6.08. The molecule has 0 saturated carbocycles. The van der Waals surface area contributed by atoms with Crippen LogP contribution in [-0.2, 0) is 16.1 Å². The Morgan fingerprint density at radius 1 is 0.971 bits per heavy atom. The van der Waals surface area contributed by atoms with Gasteiger partial charge in [-0.2, -0.15) is 0 Å². The molecule has 1 N–H and O–H groups in total. The number of aliphatic hydroxyl groups is 1. The number of rotatable bonds is 6. The third kappa shape index (κ3) is 4.24. The van der Waals surface area contributed by atoms with Crippen molar-refractivity contribution in [2.75, 3.05) is 14.2 Å². The Hall–Kier alpha value is -3.77. The van der Waals surface area contributed by atoms with E-state index in [0.29, 0.717) is 27.6 Å². The standard InChI is InChI=1S/C27H24ClNO5/c1-16-14-18(10-13-21(16)33-2)25(30)23-24(17-8-11-20(28)12-9-17)29(27(32)26(23)31)15-19-6-4-5-7-22(19)34-3/h4-14,24,30H,15H2,1-3H3/b25-23-. The number of aryl methyl sites for hydroxylation is 1. The van der Waals surface area contributed by atoms with Crippen molar-refractivity contribution < 1.29 is 24.2 Å². The van der Waals surface area contributed by atoms with Crippen LogP contribution < -0.4 is 9.47 Å². The number of carbonyl (C=O) groups is 2. The van der Waals surface area contributed by atoms with Crippen LogP contribution in [0.2, 0.25) is 5.02 Å². The number of ether oxygens (including phenoxy) is 2. The van der Waals surface area contributed by atoms with E-state index >= 15 is 0 Å². The lowest BCUT2D eigenvalue weighted by molar-refractivity contribution is -0.140. The number of hydrogen-bond acceptors (Lipinski definition) is 5. The van der Waals surface area contributed by atoms with Crippen LogP contribution >= 0.6 is 11.6 Å². The number of aliphatic hydroxyl groups excluding tert-OH is 1. The highest BCUT2D eigenvalue weighted by molar-refractivity contribution is 6.46. The maximum absolute atomic E-state index is 13.2. The zero-order valence-corrected chi connectivity index (χ0v) is 19.8. The molecule has 7 heteroatoms. The number of likely N-dealkylation sites (tertiary alicyclic amines) is 1. The lowest BCUT2D eigenvalue weighted by atomic mass is 9.94. The molecule has 0 spiro atoms. The van der Waals surface area contributed by atoms with Gasteiger partial charge in [0.05, 0.1) is 32.4 Å². The van der Waals surface area contributed by atoms with Gasteiger partial charge >= 0.3 is 0 Å². The minimum Gasteiger partial charge on any atom is -0.507 e. The number of benzene rings is 3. The van der Waals surface area contributed by atoms with Crippen molar-refractivity contribution in [3.8, 4) is 11.5 Å². The number of methoxy groups -OCH3 is 2. The molecule has 0 bridgehead atoms. The predicted molar refractivity (Wildman–Crippen MR) is 130 cm³/mol. The van der Waals surface area contributed by atoms with Gasteiger partial charge < -0.3 is 19.5 Å². The van der Waals surface area contributed by atoms with Gasteiger partial charge in [-0.25, -0.2) is 0 Å². The average Bonchev–Trinajstić information content (AvgIpc) is 3.09. The molecule has 4 rings (SSSR count). The van der Waals surface area contributed by atoms with Gasteiger partial charge in [-0.15, -0.1) is 0 Å². The van der Waals surface area contributed by atoms with E-state index < -0.39 is 17.7 Å². The molecule has 1 aliphatic heterocycles. The maximum Gasteiger partial charge on any atom is 0.295 e. The van der Waals surface area contributed by atoms with Crippen LogP contribution in [0.1, 0.15) is 28.3 Å². The monoisotopic (exact) mass is 477 g/mol. The summed E-state index contributed by atoms with van der Waals surface area (Å²) in [6, 6.07) is 18.5. The summed E-state index contributed by atoms with van der Waals surface area (Å²) in [5.74, 6) is -0.433. The van der Waals surface area contributed by atoms with Gasteiger partial charge in [0.15, 0.2) is 0 Å². The number of hydrogen-bond donors (Lipinski definition) is 1. The summed E-state index contributed by atoms with van der Waals surface area (Å²) in [6.07, 6.45) is 0. The Morgan fingerprint density at radius 2 is 1.65 bits per heavy atom. The quantitative estimate of drug-likeness (QED) is 0.296. The molecule has 1 fully saturated rings. The van der Waals surface area contributed by atoms with Gasteiger partial charge in [-0.1, -0.05) is 41.9 Å². The molecule has 34 heavy (non-hydrogen) atoms. The van der Waals surface area contributed by atoms with E-state index in [2.05, 4.69) is 0 Å². The van der Waals surface area contributed by atoms with E-state index in [4.69, 9.17) is 21.1 Å². The fourth-order valence-electron chi connectivity index (χ4n) is 4.23. The molecule has 1 aliphatic rings. The third-order valence-electron chi connectivity index (χ3n) is 5.93. The topological polar surface area (TPSA) is 76.1 Å². The molecule has 1 unspecified atom stereocenters. The first kappa shape index (κ1) is 23.4. The Bertz CT molecular complexity index is 1280. The molecular weight excluding hydrogens is 454 g/mol. The molecule has 3 aromatic rings. The highest BCUT2D eigenvalue weighted by Crippen LogP contribution is 2.41. The SMILES string of the molecule is COc1ccc(/C(O)=C2/C(=O)C(=O)N(Cc3ccccc3OC)C2c2ccc(Cl)cc2)cc1C. The van der Waals surface area contributed by atoms with Crippen molar-refractivity contribution in [1.29, 1.82) is 0 Å². The van der Waals surface area contributed by atoms with Crippen molar-refractivity contribution in [1.82, 2.24) is 4.90 Å². The first-order chi connectivity index (χ1) is 16.3. The van der Waals surface area contributed by atoms with Gasteiger partial charge in [-0.3, -0.25) is 9.59 Å². The third-order valence-corrected chi connectivity index (χ3v) is 6.18. The summed E-state index contributed by atoms with van der Waals surface area (Å²) in [4.78, 5) is 27.9. The predicted octanol–water partition coefficient (Wildman–Crippen LogP) is 5.29. The number of halogens is 1. The second-order valence-corrected chi connectivity index (χ2v) is 8.41. The number of nitrogens with zero attached hydrogens (tertiary/aromatic N) is 1. The van der Waals surface area contributed by atoms with E-state index in [1.807, 2.05) is 25.1 Å². The zero-order chi connectivity index (χ0) is 24.4. The smallest absolute Gasteiger partial charge is 0.295 e. The highest BCUT2D eigenvalue weighted by Gasteiger charge is 2.46. The van der Waals surface area contributed by atoms with Crippen molar-refractivity contribution in [2.45, 2.75) is 19.5 Å². The van der Waals surface area contributed by atoms with Crippen LogP contribution in [0.4, 0.5) is 0 Å². The first-order valence-corrected chi connectivity index (χ1v) is 11.0. The summed E-state index contributed by atoms with van der Waals surface area (Å²) in [5, 5.41) is 11.8. The maximum atomic E-state index is 13.2. The van der Waals surface area contributed by atoms with Crippen molar-refractivity contribution in [3.05, 3.63) is 99.6 Å². The highest BCUT2D eigenvalue weighted by atomic mass is 35.5. The fourth-order valence-corrected chi connectivity index (χ4v) is 4.36. The van der Waals surface area contributed by atoms with Crippen LogP contribution in [0, 0.1) is 6.92 Å². The summed E-state index contributed by atoms with van der Waals surface area (Å²) in [6.45, 7) is 1.97. The lowest BCUT2D eigenvalue weighted by Gasteiger charge is -2.26. The van der Waals surface area contributed by atoms with Gasteiger partial charge in [0.25, 0.3) is 11.7 Å². The molecule has 3 aromatic carbocycles. The van der Waals surface area contributed by atoms with Crippen LogP contribution in [0.15, 0.2) is 72.3 Å². The Labute approximate surface area is 203 Å². The van der Waals surface area contributed by atoms with E-state index in [-0.39, 0.29) is 17.9 Å². The number of carbonyl (C=O) groups excluding carboxylic acids is 2. The fraction of sp³-hybridized carbons (Fsp3) is 0.185. The number of amides is 1. The zero-order valence-electron chi connectivity index (χ0n) is 19.0. The van der Waals surface area contributed by atoms with Gasteiger partial charge in [0.2, 0.25) is 0 Å². The molecule has 1 amide bonds. The first-order valence-electron chi connectivity index (χ1n) is 10.7. The summed E-state index contributed by atoms with van der Waals surface area (Å²) < 4.78 is 10.7.